The molecular formula is C29H28N6O3S. The molecule has 3 amide bonds. The molecule has 9 nitrogen and oxygen atoms in total. The van der Waals surface area contributed by atoms with Crippen molar-refractivity contribution >= 4 is 57.5 Å². The summed E-state index contributed by atoms with van der Waals surface area (Å²) in [5, 5.41) is 6.10. The molecule has 0 saturated carbocycles. The lowest BCUT2D eigenvalue weighted by molar-refractivity contribution is -0.128. The molecule has 39 heavy (non-hydrogen) atoms. The topological polar surface area (TPSA) is 106 Å². The second kappa shape index (κ2) is 11.5. The van der Waals surface area contributed by atoms with Crippen LogP contribution in [0, 0.1) is 0 Å². The molecule has 0 spiro atoms. The predicted octanol–water partition coefficient (Wildman–Crippen LogP) is 3.79. The molecule has 0 saturated heterocycles. The van der Waals surface area contributed by atoms with Crippen LogP contribution in [-0.2, 0) is 20.9 Å². The van der Waals surface area contributed by atoms with E-state index in [1.807, 2.05) is 97.9 Å². The lowest BCUT2D eigenvalue weighted by Gasteiger charge is -2.25. The summed E-state index contributed by atoms with van der Waals surface area (Å²) in [5.74, 6) is -0.314. The van der Waals surface area contributed by atoms with Crippen molar-refractivity contribution in [2.24, 2.45) is 9.98 Å². The van der Waals surface area contributed by atoms with Gasteiger partial charge in [0.25, 0.3) is 5.91 Å². The van der Waals surface area contributed by atoms with Crippen molar-refractivity contribution in [3.05, 3.63) is 90.0 Å². The molecule has 198 valence electrons. The standard InChI is InChI=1S/C29H28N6O3S/c1-34(2)21-14-12-20(13-15-21)31-26(37)18-39-29-33-23-11-7-6-10-22(23)27-32-24(28(38)35(27)29)16-25(36)30-17-19-8-4-3-5-9-19/h3-15,24H,16-18H2,1-2H3,(H,30,36)(H,31,37)/t24-/m0/s1. The van der Waals surface area contributed by atoms with E-state index in [0.717, 1.165) is 23.0 Å². The van der Waals surface area contributed by atoms with Gasteiger partial charge in [-0.25, -0.2) is 9.89 Å². The number of fused-ring (bicyclic) bond motifs is 3. The van der Waals surface area contributed by atoms with Crippen molar-refractivity contribution < 1.29 is 14.4 Å². The summed E-state index contributed by atoms with van der Waals surface area (Å²) in [7, 11) is 3.90. The largest absolute Gasteiger partial charge is 0.378 e. The lowest BCUT2D eigenvalue weighted by Crippen LogP contribution is -2.42. The van der Waals surface area contributed by atoms with Crippen LogP contribution in [-0.4, -0.2) is 59.5 Å². The van der Waals surface area contributed by atoms with Gasteiger partial charge >= 0.3 is 0 Å². The number of anilines is 2. The fraction of sp³-hybridized carbons (Fsp3) is 0.207. The molecule has 10 heteroatoms. The van der Waals surface area contributed by atoms with E-state index in [4.69, 9.17) is 0 Å². The van der Waals surface area contributed by atoms with Gasteiger partial charge in [0.05, 0.1) is 17.9 Å². The first kappa shape index (κ1) is 26.2. The van der Waals surface area contributed by atoms with Crippen molar-refractivity contribution in [1.29, 1.82) is 0 Å². The molecule has 5 rings (SSSR count). The molecule has 2 aliphatic rings. The van der Waals surface area contributed by atoms with Gasteiger partial charge in [0.2, 0.25) is 11.8 Å². The molecule has 2 heterocycles. The van der Waals surface area contributed by atoms with Crippen LogP contribution in [0.3, 0.4) is 0 Å². The number of aliphatic imine (C=N–C) groups is 2. The van der Waals surface area contributed by atoms with Crippen molar-refractivity contribution in [2.75, 3.05) is 30.1 Å². The zero-order valence-electron chi connectivity index (χ0n) is 21.6. The lowest BCUT2D eigenvalue weighted by atomic mass is 10.1. The first-order valence-electron chi connectivity index (χ1n) is 12.5. The Hall–Kier alpha value is -4.44. The molecule has 1 atom stereocenters. The highest BCUT2D eigenvalue weighted by Gasteiger charge is 2.42. The van der Waals surface area contributed by atoms with E-state index in [1.165, 1.54) is 4.90 Å². The third-order valence-corrected chi connectivity index (χ3v) is 7.20. The van der Waals surface area contributed by atoms with Gasteiger partial charge in [-0.2, -0.15) is 0 Å². The molecule has 3 aromatic rings. The Kier molecular flexibility index (Phi) is 7.74. The van der Waals surface area contributed by atoms with Crippen molar-refractivity contribution in [3.63, 3.8) is 0 Å². The Morgan fingerprint density at radius 2 is 1.67 bits per heavy atom. The van der Waals surface area contributed by atoms with Gasteiger partial charge in [-0.1, -0.05) is 54.2 Å². The van der Waals surface area contributed by atoms with Gasteiger partial charge in [0.15, 0.2) is 5.17 Å². The van der Waals surface area contributed by atoms with E-state index in [-0.39, 0.29) is 29.9 Å². The van der Waals surface area contributed by atoms with Crippen LogP contribution in [0.2, 0.25) is 0 Å². The summed E-state index contributed by atoms with van der Waals surface area (Å²) in [5.41, 5.74) is 4.06. The highest BCUT2D eigenvalue weighted by molar-refractivity contribution is 8.14. The van der Waals surface area contributed by atoms with Crippen molar-refractivity contribution in [1.82, 2.24) is 10.2 Å². The minimum atomic E-state index is -0.864. The molecule has 2 N–H and O–H groups in total. The smallest absolute Gasteiger partial charge is 0.259 e. The van der Waals surface area contributed by atoms with Crippen LogP contribution in [0.5, 0.6) is 0 Å². The number of amides is 3. The number of hydrogen-bond acceptors (Lipinski definition) is 7. The van der Waals surface area contributed by atoms with Gasteiger partial charge < -0.3 is 15.5 Å². The Labute approximate surface area is 231 Å². The van der Waals surface area contributed by atoms with Crippen LogP contribution in [0.4, 0.5) is 17.1 Å². The van der Waals surface area contributed by atoms with Crippen LogP contribution < -0.4 is 15.5 Å². The molecule has 3 aromatic carbocycles. The van der Waals surface area contributed by atoms with Gasteiger partial charge in [0, 0.05) is 37.6 Å². The zero-order valence-corrected chi connectivity index (χ0v) is 22.4. The van der Waals surface area contributed by atoms with E-state index in [2.05, 4.69) is 20.6 Å². The number of carbonyl (C=O) groups is 3. The van der Waals surface area contributed by atoms with Gasteiger partial charge in [0.1, 0.15) is 11.9 Å². The molecule has 0 aromatic heterocycles. The number of thioether (sulfide) groups is 1. The number of carbonyl (C=O) groups excluding carboxylic acids is 3. The predicted molar refractivity (Wildman–Crippen MR) is 155 cm³/mol. The number of nitrogens with zero attached hydrogens (tertiary/aromatic N) is 4. The van der Waals surface area contributed by atoms with E-state index in [1.54, 1.807) is 0 Å². The zero-order chi connectivity index (χ0) is 27.4. The maximum atomic E-state index is 13.4. The molecule has 0 unspecified atom stereocenters. The van der Waals surface area contributed by atoms with Gasteiger partial charge in [-0.15, -0.1) is 0 Å². The summed E-state index contributed by atoms with van der Waals surface area (Å²) in [4.78, 5) is 51.5. The number of benzene rings is 3. The summed E-state index contributed by atoms with van der Waals surface area (Å²) in [6.07, 6.45) is -0.0742. The number of hydrogen-bond donors (Lipinski definition) is 2. The molecule has 0 fully saturated rings. The van der Waals surface area contributed by atoms with Crippen LogP contribution >= 0.6 is 11.8 Å². The molecule has 0 aliphatic carbocycles. The Morgan fingerprint density at radius 3 is 2.41 bits per heavy atom. The Balaban J connectivity index is 1.26. The quantitative estimate of drug-likeness (QED) is 0.452. The highest BCUT2D eigenvalue weighted by atomic mass is 32.2. The van der Waals surface area contributed by atoms with Crippen LogP contribution in [0.1, 0.15) is 17.5 Å². The first-order chi connectivity index (χ1) is 18.9. The Bertz CT molecular complexity index is 1450. The van der Waals surface area contributed by atoms with E-state index < -0.39 is 6.04 Å². The molecule has 2 aliphatic heterocycles. The number of para-hydroxylation sites is 1. The average Bonchev–Trinajstić information content (AvgIpc) is 3.27. The third-order valence-electron chi connectivity index (χ3n) is 6.26. The van der Waals surface area contributed by atoms with E-state index in [9.17, 15) is 14.4 Å². The summed E-state index contributed by atoms with van der Waals surface area (Å²) in [6.45, 7) is 0.374. The fourth-order valence-corrected chi connectivity index (χ4v) is 5.05. The monoisotopic (exact) mass is 540 g/mol. The second-order valence-corrected chi connectivity index (χ2v) is 10.2. The maximum Gasteiger partial charge on any atom is 0.259 e. The third kappa shape index (κ3) is 6.01. The van der Waals surface area contributed by atoms with E-state index >= 15 is 0 Å². The molecule has 0 bridgehead atoms. The molecular weight excluding hydrogens is 512 g/mol. The highest BCUT2D eigenvalue weighted by Crippen LogP contribution is 2.34. The van der Waals surface area contributed by atoms with Gasteiger partial charge in [-0.3, -0.25) is 19.4 Å². The average molecular weight is 541 g/mol. The second-order valence-electron chi connectivity index (χ2n) is 9.30. The van der Waals surface area contributed by atoms with Crippen molar-refractivity contribution in [3.8, 4) is 0 Å². The minimum Gasteiger partial charge on any atom is -0.378 e. The Morgan fingerprint density at radius 1 is 0.949 bits per heavy atom. The van der Waals surface area contributed by atoms with Crippen LogP contribution in [0.25, 0.3) is 0 Å². The number of nitrogens with one attached hydrogen (secondary N) is 2. The normalized spacial score (nSPS) is 15.6. The number of amidine groups is 2. The van der Waals surface area contributed by atoms with Crippen molar-refractivity contribution in [2.45, 2.75) is 19.0 Å². The van der Waals surface area contributed by atoms with Crippen LogP contribution in [0.15, 0.2) is 88.8 Å². The fourth-order valence-electron chi connectivity index (χ4n) is 4.25. The SMILES string of the molecule is CN(C)c1ccc(NC(=O)CSC2=Nc3ccccc3C3=N[C@@H](CC(=O)NCc4ccccc4)C(=O)N23)cc1. The minimum absolute atomic E-state index is 0.0513. The maximum absolute atomic E-state index is 13.4. The summed E-state index contributed by atoms with van der Waals surface area (Å²) < 4.78 is 0. The van der Waals surface area contributed by atoms with E-state index in [0.29, 0.717) is 34.5 Å². The summed E-state index contributed by atoms with van der Waals surface area (Å²) in [6, 6.07) is 23.6. The number of rotatable bonds is 8. The summed E-state index contributed by atoms with van der Waals surface area (Å²) >= 11 is 1.16. The first-order valence-corrected chi connectivity index (χ1v) is 13.5. The van der Waals surface area contributed by atoms with Gasteiger partial charge in [-0.05, 0) is 42.0 Å². The molecule has 0 radical (unpaired) electrons.